The van der Waals surface area contributed by atoms with Crippen LogP contribution < -0.4 is 15.6 Å². The highest BCUT2D eigenvalue weighted by atomic mass is 16.5. The van der Waals surface area contributed by atoms with Crippen LogP contribution in [0.2, 0.25) is 0 Å². The van der Waals surface area contributed by atoms with Gasteiger partial charge in [-0.15, -0.1) is 0 Å². The third-order valence-electron chi connectivity index (χ3n) is 3.61. The number of fused-ring (bicyclic) bond motifs is 1. The summed E-state index contributed by atoms with van der Waals surface area (Å²) in [4.78, 5) is 28.2. The Morgan fingerprint density at radius 2 is 2.25 bits per heavy atom. The maximum absolute atomic E-state index is 12.1. The van der Waals surface area contributed by atoms with Gasteiger partial charge in [-0.3, -0.25) is 9.59 Å². The predicted molar refractivity (Wildman–Crippen MR) is 87.7 cm³/mol. The Balaban J connectivity index is 1.66. The molecule has 7 nitrogen and oxygen atoms in total. The number of nitrogens with one attached hydrogen (secondary N) is 1. The van der Waals surface area contributed by atoms with E-state index < -0.39 is 0 Å². The summed E-state index contributed by atoms with van der Waals surface area (Å²) >= 11 is 0. The number of furan rings is 1. The number of rotatable bonds is 5. The van der Waals surface area contributed by atoms with Crippen LogP contribution in [0.25, 0.3) is 10.9 Å². The van der Waals surface area contributed by atoms with E-state index >= 15 is 0 Å². The summed E-state index contributed by atoms with van der Waals surface area (Å²) in [7, 11) is 1.63. The third-order valence-corrected chi connectivity index (χ3v) is 3.61. The molecular formula is C17H17N3O4. The van der Waals surface area contributed by atoms with E-state index in [0.29, 0.717) is 22.4 Å². The Bertz CT molecular complexity index is 915. The Hall–Kier alpha value is -3.09. The normalized spacial score (nSPS) is 12.1. The van der Waals surface area contributed by atoms with Gasteiger partial charge in [0, 0.05) is 7.05 Å². The average molecular weight is 327 g/mol. The fraction of sp³-hybridized carbons (Fsp3) is 0.235. The van der Waals surface area contributed by atoms with Gasteiger partial charge in [0.05, 0.1) is 29.5 Å². The van der Waals surface area contributed by atoms with Crippen LogP contribution in [-0.4, -0.2) is 22.1 Å². The van der Waals surface area contributed by atoms with Gasteiger partial charge < -0.3 is 19.0 Å². The molecule has 0 spiro atoms. The van der Waals surface area contributed by atoms with E-state index in [1.807, 2.05) is 6.92 Å². The SMILES string of the molecule is C[C@H](NC(=O)COc1ccc2ncn(C)c(=O)c2c1)c1ccco1. The molecule has 3 rings (SSSR count). The van der Waals surface area contributed by atoms with E-state index in [4.69, 9.17) is 9.15 Å². The van der Waals surface area contributed by atoms with Crippen molar-refractivity contribution >= 4 is 16.8 Å². The van der Waals surface area contributed by atoms with Crippen molar-refractivity contribution in [2.24, 2.45) is 7.05 Å². The van der Waals surface area contributed by atoms with Crippen LogP contribution in [0.1, 0.15) is 18.7 Å². The summed E-state index contributed by atoms with van der Waals surface area (Å²) in [5.41, 5.74) is 0.419. The zero-order chi connectivity index (χ0) is 17.1. The van der Waals surface area contributed by atoms with Crippen molar-refractivity contribution in [3.05, 3.63) is 59.0 Å². The number of carbonyl (C=O) groups excluding carboxylic acids is 1. The zero-order valence-corrected chi connectivity index (χ0v) is 13.4. The van der Waals surface area contributed by atoms with Crippen LogP contribution in [-0.2, 0) is 11.8 Å². The molecule has 24 heavy (non-hydrogen) atoms. The number of aryl methyl sites for hydroxylation is 1. The number of amides is 1. The first-order chi connectivity index (χ1) is 11.5. The standard InChI is InChI=1S/C17H17N3O4/c1-11(15-4-3-7-23-15)19-16(21)9-24-12-5-6-14-13(8-12)17(22)20(2)10-18-14/h3-8,10-11H,9H2,1-2H3,(H,19,21)/t11-/m0/s1. The van der Waals surface area contributed by atoms with Crippen molar-refractivity contribution in [1.29, 1.82) is 0 Å². The lowest BCUT2D eigenvalue weighted by Gasteiger charge is -2.12. The van der Waals surface area contributed by atoms with Gasteiger partial charge in [-0.1, -0.05) is 0 Å². The van der Waals surface area contributed by atoms with E-state index in [0.717, 1.165) is 0 Å². The van der Waals surface area contributed by atoms with Gasteiger partial charge in [-0.05, 0) is 37.3 Å². The largest absolute Gasteiger partial charge is 0.484 e. The van der Waals surface area contributed by atoms with Crippen LogP contribution in [0.15, 0.2) is 52.1 Å². The van der Waals surface area contributed by atoms with Crippen LogP contribution in [0.5, 0.6) is 5.75 Å². The number of aromatic nitrogens is 2. The molecule has 0 saturated heterocycles. The van der Waals surface area contributed by atoms with Gasteiger partial charge in [0.25, 0.3) is 11.5 Å². The number of carbonyl (C=O) groups is 1. The first-order valence-corrected chi connectivity index (χ1v) is 7.45. The molecule has 0 aliphatic rings. The van der Waals surface area contributed by atoms with Gasteiger partial charge in [-0.2, -0.15) is 0 Å². The topological polar surface area (TPSA) is 86.4 Å². The van der Waals surface area contributed by atoms with E-state index in [1.165, 1.54) is 10.9 Å². The minimum absolute atomic E-state index is 0.156. The fourth-order valence-corrected chi connectivity index (χ4v) is 2.32. The second-order valence-electron chi connectivity index (χ2n) is 5.43. The highest BCUT2D eigenvalue weighted by Gasteiger charge is 2.12. The quantitative estimate of drug-likeness (QED) is 0.772. The van der Waals surface area contributed by atoms with Crippen molar-refractivity contribution in [1.82, 2.24) is 14.9 Å². The molecule has 7 heteroatoms. The van der Waals surface area contributed by atoms with Crippen LogP contribution in [0.3, 0.4) is 0 Å². The van der Waals surface area contributed by atoms with Gasteiger partial charge in [0.1, 0.15) is 11.5 Å². The van der Waals surface area contributed by atoms with Gasteiger partial charge >= 0.3 is 0 Å². The van der Waals surface area contributed by atoms with E-state index in [9.17, 15) is 9.59 Å². The minimum Gasteiger partial charge on any atom is -0.484 e. The molecular weight excluding hydrogens is 310 g/mol. The van der Waals surface area contributed by atoms with E-state index in [-0.39, 0.29) is 24.1 Å². The Morgan fingerprint density at radius 1 is 1.42 bits per heavy atom. The van der Waals surface area contributed by atoms with Crippen molar-refractivity contribution in [3.63, 3.8) is 0 Å². The third kappa shape index (κ3) is 3.29. The first kappa shape index (κ1) is 15.8. The number of ether oxygens (including phenoxy) is 1. The van der Waals surface area contributed by atoms with Crippen molar-refractivity contribution in [3.8, 4) is 5.75 Å². The lowest BCUT2D eigenvalue weighted by Crippen LogP contribution is -2.31. The minimum atomic E-state index is -0.280. The number of hydrogen-bond acceptors (Lipinski definition) is 5. The molecule has 2 aromatic heterocycles. The number of benzene rings is 1. The molecule has 0 radical (unpaired) electrons. The van der Waals surface area contributed by atoms with Crippen molar-refractivity contribution in [2.75, 3.05) is 6.61 Å². The van der Waals surface area contributed by atoms with Crippen molar-refractivity contribution in [2.45, 2.75) is 13.0 Å². The van der Waals surface area contributed by atoms with Crippen molar-refractivity contribution < 1.29 is 13.9 Å². The monoisotopic (exact) mass is 327 g/mol. The molecule has 2 heterocycles. The lowest BCUT2D eigenvalue weighted by molar-refractivity contribution is -0.123. The van der Waals surface area contributed by atoms with E-state index in [1.54, 1.807) is 43.6 Å². The fourth-order valence-electron chi connectivity index (χ4n) is 2.32. The molecule has 1 atom stereocenters. The lowest BCUT2D eigenvalue weighted by atomic mass is 10.2. The summed E-state index contributed by atoms with van der Waals surface area (Å²) in [5, 5.41) is 3.22. The molecule has 0 fully saturated rings. The summed E-state index contributed by atoms with van der Waals surface area (Å²) < 4.78 is 12.1. The molecule has 124 valence electrons. The van der Waals surface area contributed by atoms with Crippen LogP contribution >= 0.6 is 0 Å². The molecule has 0 aliphatic carbocycles. The van der Waals surface area contributed by atoms with Crippen LogP contribution in [0, 0.1) is 0 Å². The highest BCUT2D eigenvalue weighted by Crippen LogP contribution is 2.17. The maximum Gasteiger partial charge on any atom is 0.261 e. The van der Waals surface area contributed by atoms with Crippen LogP contribution in [0.4, 0.5) is 0 Å². The molecule has 3 aromatic rings. The summed E-state index contributed by atoms with van der Waals surface area (Å²) in [6.07, 6.45) is 3.02. The second-order valence-corrected chi connectivity index (χ2v) is 5.43. The molecule has 1 aromatic carbocycles. The molecule has 1 amide bonds. The highest BCUT2D eigenvalue weighted by molar-refractivity contribution is 5.80. The Kier molecular flexibility index (Phi) is 4.33. The molecule has 1 N–H and O–H groups in total. The molecule has 0 saturated carbocycles. The van der Waals surface area contributed by atoms with Gasteiger partial charge in [-0.25, -0.2) is 4.98 Å². The number of nitrogens with zero attached hydrogens (tertiary/aromatic N) is 2. The summed E-state index contributed by atoms with van der Waals surface area (Å²) in [6.45, 7) is 1.67. The maximum atomic E-state index is 12.1. The van der Waals surface area contributed by atoms with E-state index in [2.05, 4.69) is 10.3 Å². The summed E-state index contributed by atoms with van der Waals surface area (Å²) in [5.74, 6) is 0.829. The smallest absolute Gasteiger partial charge is 0.261 e. The Labute approximate surface area is 137 Å². The molecule has 0 unspecified atom stereocenters. The first-order valence-electron chi connectivity index (χ1n) is 7.45. The summed E-state index contributed by atoms with van der Waals surface area (Å²) in [6, 6.07) is 8.27. The molecule has 0 bridgehead atoms. The number of hydrogen-bond donors (Lipinski definition) is 1. The van der Waals surface area contributed by atoms with Gasteiger partial charge in [0.15, 0.2) is 6.61 Å². The average Bonchev–Trinajstić information content (AvgIpc) is 3.11. The molecule has 0 aliphatic heterocycles. The second kappa shape index (κ2) is 6.57. The predicted octanol–water partition coefficient (Wildman–Crippen LogP) is 1.78. The van der Waals surface area contributed by atoms with Gasteiger partial charge in [0.2, 0.25) is 0 Å². The zero-order valence-electron chi connectivity index (χ0n) is 13.4. The Morgan fingerprint density at radius 3 is 3.00 bits per heavy atom.